The van der Waals surface area contributed by atoms with E-state index in [9.17, 15) is 4.79 Å². The maximum Gasteiger partial charge on any atom is 0.223 e. The van der Waals surface area contributed by atoms with Gasteiger partial charge in [0.15, 0.2) is 5.13 Å². The maximum absolute atomic E-state index is 11.0. The first kappa shape index (κ1) is 12.5. The Morgan fingerprint density at radius 2 is 2.24 bits per heavy atom. The van der Waals surface area contributed by atoms with Gasteiger partial charge in [-0.15, -0.1) is 0 Å². The van der Waals surface area contributed by atoms with E-state index in [1.54, 1.807) is 11.3 Å². The van der Waals surface area contributed by atoms with Crippen molar-refractivity contribution in [2.75, 3.05) is 31.6 Å². The van der Waals surface area contributed by atoms with Gasteiger partial charge in [-0.05, 0) is 6.92 Å². The number of rotatable bonds is 3. The molecule has 2 heterocycles. The van der Waals surface area contributed by atoms with Crippen molar-refractivity contribution in [3.63, 3.8) is 0 Å². The van der Waals surface area contributed by atoms with Crippen molar-refractivity contribution in [1.82, 2.24) is 4.98 Å². The van der Waals surface area contributed by atoms with E-state index in [1.165, 1.54) is 16.7 Å². The van der Waals surface area contributed by atoms with E-state index < -0.39 is 0 Å². The minimum atomic E-state index is -0.0657. The third-order valence-electron chi connectivity index (χ3n) is 2.79. The highest BCUT2D eigenvalue weighted by atomic mass is 32.1. The minimum Gasteiger partial charge on any atom is -0.370 e. The zero-order valence-electron chi connectivity index (χ0n) is 10.2. The maximum atomic E-state index is 11.0. The molecule has 5 nitrogen and oxygen atoms in total. The lowest BCUT2D eigenvalue weighted by Crippen LogP contribution is -3.12. The van der Waals surface area contributed by atoms with Crippen LogP contribution < -0.4 is 10.2 Å². The molecular formula is C11H18N3O2S+. The minimum absolute atomic E-state index is 0.0657. The van der Waals surface area contributed by atoms with E-state index in [1.807, 2.05) is 6.92 Å². The lowest BCUT2D eigenvalue weighted by atomic mass is 10.3. The van der Waals surface area contributed by atoms with Crippen LogP contribution in [0.4, 0.5) is 5.13 Å². The van der Waals surface area contributed by atoms with Gasteiger partial charge in [0.25, 0.3) is 0 Å². The van der Waals surface area contributed by atoms with Gasteiger partial charge in [-0.25, -0.2) is 4.98 Å². The van der Waals surface area contributed by atoms with Crippen LogP contribution in [0.15, 0.2) is 0 Å². The number of ether oxygens (including phenoxy) is 1. The van der Waals surface area contributed by atoms with Gasteiger partial charge >= 0.3 is 0 Å². The summed E-state index contributed by atoms with van der Waals surface area (Å²) in [4.78, 5) is 18.1. The Morgan fingerprint density at radius 3 is 2.88 bits per heavy atom. The van der Waals surface area contributed by atoms with Crippen molar-refractivity contribution >= 4 is 22.4 Å². The molecule has 1 aromatic rings. The number of anilines is 1. The first-order valence-electron chi connectivity index (χ1n) is 5.80. The summed E-state index contributed by atoms with van der Waals surface area (Å²) in [7, 11) is 0. The van der Waals surface area contributed by atoms with E-state index in [0.29, 0.717) is 5.13 Å². The number of amides is 1. The quantitative estimate of drug-likeness (QED) is 0.789. The number of hydrogen-bond donors (Lipinski definition) is 2. The number of carbonyl (C=O) groups is 1. The summed E-state index contributed by atoms with van der Waals surface area (Å²) in [6.07, 6.45) is 0. The van der Waals surface area contributed by atoms with Crippen LogP contribution >= 0.6 is 11.3 Å². The average Bonchev–Trinajstić information content (AvgIpc) is 2.59. The first-order valence-corrected chi connectivity index (χ1v) is 6.62. The van der Waals surface area contributed by atoms with Crippen molar-refractivity contribution in [2.45, 2.75) is 20.4 Å². The first-order chi connectivity index (χ1) is 8.15. The molecule has 17 heavy (non-hydrogen) atoms. The second kappa shape index (κ2) is 5.57. The SMILES string of the molecule is CC(=O)Nc1nc(C)c(C[NH+]2CCOCC2)s1. The zero-order valence-corrected chi connectivity index (χ0v) is 11.0. The lowest BCUT2D eigenvalue weighted by molar-refractivity contribution is -0.921. The molecule has 0 aliphatic carbocycles. The predicted molar refractivity (Wildman–Crippen MR) is 66.4 cm³/mol. The monoisotopic (exact) mass is 256 g/mol. The smallest absolute Gasteiger partial charge is 0.223 e. The summed E-state index contributed by atoms with van der Waals surface area (Å²) in [6.45, 7) is 8.25. The Hall–Kier alpha value is -0.980. The number of carbonyl (C=O) groups excluding carboxylic acids is 1. The van der Waals surface area contributed by atoms with Crippen LogP contribution in [0.3, 0.4) is 0 Å². The van der Waals surface area contributed by atoms with Crippen molar-refractivity contribution in [3.05, 3.63) is 10.6 Å². The Morgan fingerprint density at radius 1 is 1.53 bits per heavy atom. The topological polar surface area (TPSA) is 55.7 Å². The van der Waals surface area contributed by atoms with Crippen molar-refractivity contribution in [3.8, 4) is 0 Å². The summed E-state index contributed by atoms with van der Waals surface area (Å²) in [5, 5.41) is 3.44. The molecule has 94 valence electrons. The zero-order chi connectivity index (χ0) is 12.3. The second-order valence-electron chi connectivity index (χ2n) is 4.25. The number of quaternary nitrogens is 1. The van der Waals surface area contributed by atoms with Crippen LogP contribution in [-0.4, -0.2) is 37.2 Å². The number of morpholine rings is 1. The molecule has 1 aliphatic heterocycles. The molecular weight excluding hydrogens is 238 g/mol. The summed E-state index contributed by atoms with van der Waals surface area (Å²) < 4.78 is 5.34. The van der Waals surface area contributed by atoms with Gasteiger partial charge in [0.2, 0.25) is 5.91 Å². The summed E-state index contributed by atoms with van der Waals surface area (Å²) >= 11 is 1.58. The lowest BCUT2D eigenvalue weighted by Gasteiger charge is -2.23. The van der Waals surface area contributed by atoms with Crippen molar-refractivity contribution in [1.29, 1.82) is 0 Å². The number of thiazole rings is 1. The van der Waals surface area contributed by atoms with E-state index in [-0.39, 0.29) is 5.91 Å². The Bertz CT molecular complexity index is 399. The second-order valence-corrected chi connectivity index (χ2v) is 5.33. The van der Waals surface area contributed by atoms with Crippen LogP contribution in [0.25, 0.3) is 0 Å². The van der Waals surface area contributed by atoms with Crippen LogP contribution in [0.5, 0.6) is 0 Å². The van der Waals surface area contributed by atoms with Gasteiger partial charge < -0.3 is 15.0 Å². The van der Waals surface area contributed by atoms with Crippen LogP contribution in [-0.2, 0) is 16.1 Å². The standard InChI is InChI=1S/C11H17N3O2S/c1-8-10(7-14-3-5-16-6-4-14)17-11(12-8)13-9(2)15/h3-7H2,1-2H3,(H,12,13,15)/p+1. The van der Waals surface area contributed by atoms with E-state index in [0.717, 1.165) is 38.5 Å². The number of hydrogen-bond acceptors (Lipinski definition) is 4. The molecule has 1 aromatic heterocycles. The highest BCUT2D eigenvalue weighted by Gasteiger charge is 2.18. The fraction of sp³-hybridized carbons (Fsp3) is 0.636. The van der Waals surface area contributed by atoms with E-state index in [4.69, 9.17) is 4.74 Å². The molecule has 0 spiro atoms. The van der Waals surface area contributed by atoms with E-state index >= 15 is 0 Å². The molecule has 1 saturated heterocycles. The Labute approximate surface area is 105 Å². The molecule has 0 aromatic carbocycles. The molecule has 1 fully saturated rings. The Balaban J connectivity index is 1.99. The van der Waals surface area contributed by atoms with Gasteiger partial charge in [0.05, 0.1) is 23.8 Å². The number of aromatic nitrogens is 1. The fourth-order valence-electron chi connectivity index (χ4n) is 1.86. The van der Waals surface area contributed by atoms with Gasteiger partial charge in [-0.2, -0.15) is 0 Å². The number of nitrogens with one attached hydrogen (secondary N) is 2. The molecule has 6 heteroatoms. The third-order valence-corrected chi connectivity index (χ3v) is 3.86. The third kappa shape index (κ3) is 3.49. The molecule has 1 aliphatic rings. The highest BCUT2D eigenvalue weighted by Crippen LogP contribution is 2.21. The van der Waals surface area contributed by atoms with Crippen molar-refractivity contribution < 1.29 is 14.4 Å². The Kier molecular flexibility index (Phi) is 4.09. The molecule has 0 radical (unpaired) electrons. The van der Waals surface area contributed by atoms with Crippen LogP contribution in [0.1, 0.15) is 17.5 Å². The molecule has 0 atom stereocenters. The van der Waals surface area contributed by atoms with Crippen molar-refractivity contribution in [2.24, 2.45) is 0 Å². The fourth-order valence-corrected chi connectivity index (χ4v) is 2.94. The molecule has 0 unspecified atom stereocenters. The summed E-state index contributed by atoms with van der Waals surface area (Å²) in [6, 6.07) is 0. The molecule has 1 amide bonds. The van der Waals surface area contributed by atoms with Gasteiger partial charge in [-0.1, -0.05) is 11.3 Å². The average molecular weight is 256 g/mol. The van der Waals surface area contributed by atoms with Gasteiger partial charge in [0, 0.05) is 6.92 Å². The molecule has 2 N–H and O–H groups in total. The molecule has 0 saturated carbocycles. The van der Waals surface area contributed by atoms with Crippen LogP contribution in [0.2, 0.25) is 0 Å². The largest absolute Gasteiger partial charge is 0.370 e. The molecule has 2 rings (SSSR count). The number of nitrogens with zero attached hydrogens (tertiary/aromatic N) is 1. The van der Waals surface area contributed by atoms with E-state index in [2.05, 4.69) is 10.3 Å². The molecule has 0 bridgehead atoms. The summed E-state index contributed by atoms with van der Waals surface area (Å²) in [5.41, 5.74) is 1.03. The van der Waals surface area contributed by atoms with Gasteiger partial charge in [0.1, 0.15) is 19.6 Å². The van der Waals surface area contributed by atoms with Crippen LogP contribution in [0, 0.1) is 6.92 Å². The summed E-state index contributed by atoms with van der Waals surface area (Å²) in [5.74, 6) is -0.0657. The predicted octanol–water partition coefficient (Wildman–Crippen LogP) is -0.175. The highest BCUT2D eigenvalue weighted by molar-refractivity contribution is 7.15. The van der Waals surface area contributed by atoms with Gasteiger partial charge in [-0.3, -0.25) is 4.79 Å². The normalized spacial score (nSPS) is 17.1. The number of aryl methyl sites for hydroxylation is 1.